The summed E-state index contributed by atoms with van der Waals surface area (Å²) in [7, 11) is 1.45. The number of amides is 1. The summed E-state index contributed by atoms with van der Waals surface area (Å²) in [6.07, 6.45) is 6.05. The molecule has 0 aromatic heterocycles. The number of likely N-dealkylation sites (tertiary alicyclic amines) is 1. The van der Waals surface area contributed by atoms with Gasteiger partial charge in [0.25, 0.3) is 0 Å². The number of ether oxygens (including phenoxy) is 1. The van der Waals surface area contributed by atoms with Gasteiger partial charge in [-0.15, -0.1) is 0 Å². The van der Waals surface area contributed by atoms with E-state index in [1.165, 1.54) is 26.4 Å². The zero-order valence-corrected chi connectivity index (χ0v) is 9.29. The number of unbranched alkanes of at least 4 members (excludes halogenated alkanes) is 1. The molecule has 0 spiro atoms. The molecule has 3 nitrogen and oxygen atoms in total. The third kappa shape index (κ3) is 3.20. The van der Waals surface area contributed by atoms with Crippen molar-refractivity contribution < 1.29 is 9.53 Å². The molecule has 1 heterocycles. The normalized spacial score (nSPS) is 18.3. The van der Waals surface area contributed by atoms with Crippen molar-refractivity contribution in [2.75, 3.05) is 20.2 Å². The minimum atomic E-state index is -0.168. The SMILES string of the molecule is CCCCC1CCN(C(=O)OC)CC1. The highest BCUT2D eigenvalue weighted by molar-refractivity contribution is 5.67. The van der Waals surface area contributed by atoms with E-state index < -0.39 is 0 Å². The maximum atomic E-state index is 11.2. The lowest BCUT2D eigenvalue weighted by molar-refractivity contribution is 0.104. The van der Waals surface area contributed by atoms with Crippen LogP contribution >= 0.6 is 0 Å². The molecule has 0 aromatic rings. The van der Waals surface area contributed by atoms with E-state index in [9.17, 15) is 4.79 Å². The molecular formula is C11H21NO2. The van der Waals surface area contributed by atoms with E-state index >= 15 is 0 Å². The average Bonchev–Trinajstić information content (AvgIpc) is 2.26. The number of methoxy groups -OCH3 is 1. The van der Waals surface area contributed by atoms with E-state index in [0.29, 0.717) is 0 Å². The molecule has 3 heteroatoms. The predicted molar refractivity (Wildman–Crippen MR) is 56.2 cm³/mol. The maximum absolute atomic E-state index is 11.2. The highest BCUT2D eigenvalue weighted by atomic mass is 16.5. The van der Waals surface area contributed by atoms with Crippen LogP contribution in [0.15, 0.2) is 0 Å². The predicted octanol–water partition coefficient (Wildman–Crippen LogP) is 2.66. The van der Waals surface area contributed by atoms with E-state index in [4.69, 9.17) is 4.74 Å². The first-order valence-electron chi connectivity index (χ1n) is 5.60. The lowest BCUT2D eigenvalue weighted by Gasteiger charge is -2.30. The Kier molecular flexibility index (Phi) is 4.77. The fourth-order valence-electron chi connectivity index (χ4n) is 2.03. The van der Waals surface area contributed by atoms with Gasteiger partial charge >= 0.3 is 6.09 Å². The van der Waals surface area contributed by atoms with Crippen molar-refractivity contribution >= 4 is 6.09 Å². The van der Waals surface area contributed by atoms with Crippen molar-refractivity contribution in [1.82, 2.24) is 4.90 Å². The summed E-state index contributed by atoms with van der Waals surface area (Å²) in [6.45, 7) is 3.98. The van der Waals surface area contributed by atoms with Crippen LogP contribution in [0.5, 0.6) is 0 Å². The summed E-state index contributed by atoms with van der Waals surface area (Å²) in [6, 6.07) is 0. The molecular weight excluding hydrogens is 178 g/mol. The van der Waals surface area contributed by atoms with Crippen LogP contribution in [-0.4, -0.2) is 31.2 Å². The highest BCUT2D eigenvalue weighted by Crippen LogP contribution is 2.22. The Hall–Kier alpha value is -0.730. The van der Waals surface area contributed by atoms with Crippen molar-refractivity contribution in [3.63, 3.8) is 0 Å². The van der Waals surface area contributed by atoms with Gasteiger partial charge in [-0.3, -0.25) is 0 Å². The van der Waals surface area contributed by atoms with Gasteiger partial charge in [0.2, 0.25) is 0 Å². The topological polar surface area (TPSA) is 29.5 Å². The maximum Gasteiger partial charge on any atom is 0.409 e. The molecule has 1 aliphatic rings. The Labute approximate surface area is 86.4 Å². The number of carbonyl (C=O) groups excluding carboxylic acids is 1. The fourth-order valence-corrected chi connectivity index (χ4v) is 2.03. The van der Waals surface area contributed by atoms with Crippen LogP contribution in [0.3, 0.4) is 0 Å². The molecule has 0 unspecified atom stereocenters. The summed E-state index contributed by atoms with van der Waals surface area (Å²) in [5.74, 6) is 0.829. The van der Waals surface area contributed by atoms with Crippen LogP contribution in [0.4, 0.5) is 4.79 Å². The molecule has 1 amide bonds. The Morgan fingerprint density at radius 3 is 2.57 bits per heavy atom. The van der Waals surface area contributed by atoms with Crippen LogP contribution in [0, 0.1) is 5.92 Å². The molecule has 1 saturated heterocycles. The Morgan fingerprint density at radius 1 is 1.43 bits per heavy atom. The molecule has 0 aromatic carbocycles. The van der Waals surface area contributed by atoms with E-state index in [-0.39, 0.29) is 6.09 Å². The molecule has 1 aliphatic heterocycles. The minimum Gasteiger partial charge on any atom is -0.453 e. The summed E-state index contributed by atoms with van der Waals surface area (Å²) in [4.78, 5) is 13.0. The largest absolute Gasteiger partial charge is 0.453 e. The number of rotatable bonds is 3. The highest BCUT2D eigenvalue weighted by Gasteiger charge is 2.22. The molecule has 0 atom stereocenters. The van der Waals surface area contributed by atoms with Crippen LogP contribution in [0.1, 0.15) is 39.0 Å². The van der Waals surface area contributed by atoms with Crippen LogP contribution in [0.2, 0.25) is 0 Å². The zero-order valence-electron chi connectivity index (χ0n) is 9.29. The third-order valence-corrected chi connectivity index (χ3v) is 3.01. The second kappa shape index (κ2) is 5.89. The molecule has 1 rings (SSSR count). The molecule has 1 fully saturated rings. The summed E-state index contributed by atoms with van der Waals surface area (Å²) >= 11 is 0. The van der Waals surface area contributed by atoms with Gasteiger partial charge in [-0.2, -0.15) is 0 Å². The fraction of sp³-hybridized carbons (Fsp3) is 0.909. The smallest absolute Gasteiger partial charge is 0.409 e. The van der Waals surface area contributed by atoms with Gasteiger partial charge in [0.1, 0.15) is 0 Å². The lowest BCUT2D eigenvalue weighted by Crippen LogP contribution is -2.38. The lowest BCUT2D eigenvalue weighted by atomic mass is 9.92. The van der Waals surface area contributed by atoms with Gasteiger partial charge in [-0.05, 0) is 18.8 Å². The molecule has 14 heavy (non-hydrogen) atoms. The molecule has 0 saturated carbocycles. The van der Waals surface area contributed by atoms with Gasteiger partial charge in [0.15, 0.2) is 0 Å². The summed E-state index contributed by atoms with van der Waals surface area (Å²) in [5, 5.41) is 0. The van der Waals surface area contributed by atoms with E-state index in [0.717, 1.165) is 31.8 Å². The summed E-state index contributed by atoms with van der Waals surface area (Å²) < 4.78 is 4.69. The first-order chi connectivity index (χ1) is 6.77. The van der Waals surface area contributed by atoms with E-state index in [2.05, 4.69) is 6.92 Å². The van der Waals surface area contributed by atoms with Crippen LogP contribution in [-0.2, 0) is 4.74 Å². The second-order valence-electron chi connectivity index (χ2n) is 4.04. The number of piperidine rings is 1. The molecule has 0 N–H and O–H groups in total. The number of hydrogen-bond donors (Lipinski definition) is 0. The van der Waals surface area contributed by atoms with Crippen LogP contribution < -0.4 is 0 Å². The Bertz CT molecular complexity index is 174. The van der Waals surface area contributed by atoms with Crippen molar-refractivity contribution in [2.45, 2.75) is 39.0 Å². The first kappa shape index (κ1) is 11.3. The van der Waals surface area contributed by atoms with E-state index in [1.54, 1.807) is 0 Å². The molecule has 0 radical (unpaired) electrons. The first-order valence-corrected chi connectivity index (χ1v) is 5.60. The second-order valence-corrected chi connectivity index (χ2v) is 4.04. The van der Waals surface area contributed by atoms with Gasteiger partial charge < -0.3 is 9.64 Å². The Morgan fingerprint density at radius 2 is 2.07 bits per heavy atom. The van der Waals surface area contributed by atoms with Gasteiger partial charge in [0, 0.05) is 13.1 Å². The number of carbonyl (C=O) groups is 1. The minimum absolute atomic E-state index is 0.168. The van der Waals surface area contributed by atoms with Gasteiger partial charge in [-0.1, -0.05) is 26.2 Å². The molecule has 0 aliphatic carbocycles. The number of hydrogen-bond acceptors (Lipinski definition) is 2. The molecule has 82 valence electrons. The third-order valence-electron chi connectivity index (χ3n) is 3.01. The van der Waals surface area contributed by atoms with E-state index in [1.807, 2.05) is 4.90 Å². The van der Waals surface area contributed by atoms with Crippen molar-refractivity contribution in [1.29, 1.82) is 0 Å². The molecule has 0 bridgehead atoms. The monoisotopic (exact) mass is 199 g/mol. The Balaban J connectivity index is 2.20. The van der Waals surface area contributed by atoms with Gasteiger partial charge in [0.05, 0.1) is 7.11 Å². The van der Waals surface area contributed by atoms with Crippen molar-refractivity contribution in [2.24, 2.45) is 5.92 Å². The zero-order chi connectivity index (χ0) is 10.4. The summed E-state index contributed by atoms with van der Waals surface area (Å²) in [5.41, 5.74) is 0. The average molecular weight is 199 g/mol. The quantitative estimate of drug-likeness (QED) is 0.699. The number of nitrogens with zero attached hydrogens (tertiary/aromatic N) is 1. The van der Waals surface area contributed by atoms with Crippen molar-refractivity contribution in [3.05, 3.63) is 0 Å². The van der Waals surface area contributed by atoms with Crippen LogP contribution in [0.25, 0.3) is 0 Å². The standard InChI is InChI=1S/C11H21NO2/c1-3-4-5-10-6-8-12(9-7-10)11(13)14-2/h10H,3-9H2,1-2H3. The van der Waals surface area contributed by atoms with Gasteiger partial charge in [-0.25, -0.2) is 4.79 Å². The van der Waals surface area contributed by atoms with Crippen molar-refractivity contribution in [3.8, 4) is 0 Å².